The number of hydrogen-bond acceptors (Lipinski definition) is 8. The van der Waals surface area contributed by atoms with E-state index in [1.54, 1.807) is 0 Å². The minimum Gasteiger partial charge on any atom is -0.387 e. The topological polar surface area (TPSA) is 138 Å². The fourth-order valence-corrected chi connectivity index (χ4v) is 6.81. The van der Waals surface area contributed by atoms with Crippen molar-refractivity contribution in [3.8, 4) is 0 Å². The molecule has 45 heavy (non-hydrogen) atoms. The zero-order valence-corrected chi connectivity index (χ0v) is 26.2. The molecule has 0 bridgehead atoms. The molecule has 0 spiro atoms. The number of rotatable bonds is 8. The number of hydrogen-bond donors (Lipinski definition) is 4. The summed E-state index contributed by atoms with van der Waals surface area (Å²) in [5.41, 5.74) is 8.00. The molecule has 1 saturated heterocycles. The van der Waals surface area contributed by atoms with Gasteiger partial charge in [0.2, 0.25) is 0 Å². The van der Waals surface area contributed by atoms with Gasteiger partial charge in [-0.3, -0.25) is 4.90 Å². The van der Waals surface area contributed by atoms with E-state index >= 15 is 0 Å². The number of nitrogens with one attached hydrogen (secondary N) is 1. The van der Waals surface area contributed by atoms with Crippen molar-refractivity contribution in [3.05, 3.63) is 47.7 Å². The van der Waals surface area contributed by atoms with E-state index in [2.05, 4.69) is 72.7 Å². The number of nitrogens with zero attached hydrogens (tertiary/aromatic N) is 5. The number of ether oxygens (including phenoxy) is 1. The van der Waals surface area contributed by atoms with Gasteiger partial charge >= 0.3 is 6.18 Å². The first kappa shape index (κ1) is 31.7. The molecule has 4 atom stereocenters. The van der Waals surface area contributed by atoms with Gasteiger partial charge < -0.3 is 30.2 Å². The molecular weight excluding hydrogens is 587 g/mol. The van der Waals surface area contributed by atoms with Crippen molar-refractivity contribution >= 4 is 27.9 Å². The molecule has 244 valence electrons. The molecule has 13 heteroatoms. The highest BCUT2D eigenvalue weighted by atomic mass is 19.4. The zero-order chi connectivity index (χ0) is 32.4. The van der Waals surface area contributed by atoms with Gasteiger partial charge in [-0.25, -0.2) is 15.0 Å². The van der Waals surface area contributed by atoms with Gasteiger partial charge in [0.1, 0.15) is 41.9 Å². The fourth-order valence-electron chi connectivity index (χ4n) is 6.81. The van der Waals surface area contributed by atoms with Crippen LogP contribution in [0.5, 0.6) is 0 Å². The van der Waals surface area contributed by atoms with E-state index in [4.69, 9.17) is 15.5 Å². The Morgan fingerprint density at radius 2 is 1.87 bits per heavy atom. The molecule has 1 aromatic carbocycles. The molecule has 0 amide bonds. The van der Waals surface area contributed by atoms with Crippen molar-refractivity contribution < 1.29 is 28.1 Å². The highest BCUT2D eigenvalue weighted by Crippen LogP contribution is 2.42. The van der Waals surface area contributed by atoms with E-state index in [9.17, 15) is 23.4 Å². The summed E-state index contributed by atoms with van der Waals surface area (Å²) in [7, 11) is 0. The number of imidazole rings is 1. The third kappa shape index (κ3) is 6.02. The number of aliphatic hydroxyl groups excluding tert-OH is 2. The Balaban J connectivity index is 1.09. The van der Waals surface area contributed by atoms with E-state index in [0.29, 0.717) is 12.5 Å². The average molecular weight is 630 g/mol. The largest absolute Gasteiger partial charge is 0.418 e. The Kier molecular flexibility index (Phi) is 8.12. The Labute approximate surface area is 259 Å². The van der Waals surface area contributed by atoms with Crippen molar-refractivity contribution in [3.63, 3.8) is 0 Å². The standard InChI is InChI=1S/C32H42F3N7O3/c1-16(2)41(19-10-17(11-19)6-9-24-39-21-8-7-18(31(3,4)5)12-22(21)40-24)14-23-26(43)27(44)30(45-23)42-13-20(32(33,34)35)25-28(36)37-15-38-29(25)42/h7-8,12-13,15-17,19,23,26-27,30,43-44H,6,9-11,14H2,1-5H3,(H,39,40)(H2,36,37,38)/t17-,19-,23-,26-,27-,30-/m1/s1. The molecule has 1 aliphatic heterocycles. The van der Waals surface area contributed by atoms with Crippen molar-refractivity contribution in [1.29, 1.82) is 0 Å². The number of aromatic nitrogens is 5. The minimum absolute atomic E-state index is 0.0614. The van der Waals surface area contributed by atoms with Crippen LogP contribution >= 0.6 is 0 Å². The van der Waals surface area contributed by atoms with Crippen LogP contribution in [0.2, 0.25) is 0 Å². The van der Waals surface area contributed by atoms with Gasteiger partial charge in [0.25, 0.3) is 0 Å². The van der Waals surface area contributed by atoms with E-state index in [0.717, 1.165) is 59.6 Å². The smallest absolute Gasteiger partial charge is 0.387 e. The molecule has 10 nitrogen and oxygen atoms in total. The lowest BCUT2D eigenvalue weighted by Crippen LogP contribution is -2.52. The first-order valence-electron chi connectivity index (χ1n) is 15.6. The lowest BCUT2D eigenvalue weighted by atomic mass is 9.76. The van der Waals surface area contributed by atoms with Gasteiger partial charge in [0, 0.05) is 31.2 Å². The predicted octanol–water partition coefficient (Wildman–Crippen LogP) is 4.95. The molecule has 4 heterocycles. The molecule has 5 N–H and O–H groups in total. The Morgan fingerprint density at radius 3 is 2.53 bits per heavy atom. The first-order chi connectivity index (χ1) is 21.1. The SMILES string of the molecule is CC(C)N(C[C@H]1O[C@@H](n2cc(C(F)(F)F)c3c(N)ncnc32)[C@H](O)[C@@H]1O)[C@H]1C[C@H](CCc2nc3cc(C(C)(C)C)ccc3[nH]2)C1. The van der Waals surface area contributed by atoms with Crippen molar-refractivity contribution in [1.82, 2.24) is 29.4 Å². The van der Waals surface area contributed by atoms with Gasteiger partial charge in [-0.05, 0) is 62.1 Å². The summed E-state index contributed by atoms with van der Waals surface area (Å²) in [6.07, 6.45) is -3.87. The third-order valence-electron chi connectivity index (χ3n) is 9.48. The summed E-state index contributed by atoms with van der Waals surface area (Å²) >= 11 is 0. The molecule has 0 unspecified atom stereocenters. The monoisotopic (exact) mass is 629 g/mol. The molecule has 3 aromatic heterocycles. The second-order valence-electron chi connectivity index (χ2n) is 13.9. The molecule has 2 fully saturated rings. The summed E-state index contributed by atoms with van der Waals surface area (Å²) in [5, 5.41) is 21.5. The van der Waals surface area contributed by atoms with Gasteiger partial charge in [-0.15, -0.1) is 0 Å². The number of aryl methyl sites for hydroxylation is 1. The number of anilines is 1. The van der Waals surface area contributed by atoms with E-state index < -0.39 is 36.3 Å². The molecule has 0 radical (unpaired) electrons. The number of fused-ring (bicyclic) bond motifs is 2. The Hall–Kier alpha value is -3.26. The van der Waals surface area contributed by atoms with Crippen LogP contribution < -0.4 is 5.73 Å². The molecular formula is C32H42F3N7O3. The fraction of sp³-hybridized carbons (Fsp3) is 0.594. The van der Waals surface area contributed by atoms with E-state index in [1.165, 1.54) is 5.56 Å². The molecule has 6 rings (SSSR count). The van der Waals surface area contributed by atoms with Crippen LogP contribution in [0.4, 0.5) is 19.0 Å². The van der Waals surface area contributed by atoms with Crippen LogP contribution in [0.15, 0.2) is 30.7 Å². The second kappa shape index (κ2) is 11.5. The maximum Gasteiger partial charge on any atom is 0.418 e. The lowest BCUT2D eigenvalue weighted by molar-refractivity contribution is -0.136. The summed E-state index contributed by atoms with van der Waals surface area (Å²) in [6.45, 7) is 11.0. The van der Waals surface area contributed by atoms with Gasteiger partial charge in [0.05, 0.1) is 22.0 Å². The van der Waals surface area contributed by atoms with Crippen LogP contribution in [0.1, 0.15) is 77.1 Å². The average Bonchev–Trinajstić information content (AvgIpc) is 3.60. The maximum absolute atomic E-state index is 13.8. The third-order valence-corrected chi connectivity index (χ3v) is 9.48. The summed E-state index contributed by atoms with van der Waals surface area (Å²) in [5.74, 6) is 1.19. The first-order valence-corrected chi connectivity index (χ1v) is 15.6. The Bertz CT molecular complexity index is 1670. The highest BCUT2D eigenvalue weighted by molar-refractivity contribution is 5.90. The molecule has 1 aliphatic carbocycles. The molecule has 4 aromatic rings. The number of aromatic amines is 1. The van der Waals surface area contributed by atoms with Crippen LogP contribution in [0.25, 0.3) is 22.1 Å². The quantitative estimate of drug-likeness (QED) is 0.215. The molecule has 1 saturated carbocycles. The minimum atomic E-state index is -4.72. The second-order valence-corrected chi connectivity index (χ2v) is 13.9. The van der Waals surface area contributed by atoms with Crippen molar-refractivity contribution in [2.45, 2.75) is 109 Å². The predicted molar refractivity (Wildman–Crippen MR) is 164 cm³/mol. The van der Waals surface area contributed by atoms with E-state index in [1.807, 2.05) is 0 Å². The lowest BCUT2D eigenvalue weighted by Gasteiger charge is -2.46. The maximum atomic E-state index is 13.8. The zero-order valence-electron chi connectivity index (χ0n) is 26.2. The number of H-pyrrole nitrogens is 1. The number of alkyl halides is 3. The van der Waals surface area contributed by atoms with Gasteiger partial charge in [-0.2, -0.15) is 13.2 Å². The number of nitrogen functional groups attached to an aromatic ring is 1. The Morgan fingerprint density at radius 1 is 1.13 bits per heavy atom. The number of benzene rings is 1. The number of halogens is 3. The van der Waals surface area contributed by atoms with Crippen LogP contribution in [-0.4, -0.2) is 76.6 Å². The number of nitrogens with two attached hydrogens (primary N) is 1. The van der Waals surface area contributed by atoms with Crippen LogP contribution in [0.3, 0.4) is 0 Å². The summed E-state index contributed by atoms with van der Waals surface area (Å²) < 4.78 is 48.7. The van der Waals surface area contributed by atoms with Crippen molar-refractivity contribution in [2.75, 3.05) is 12.3 Å². The summed E-state index contributed by atoms with van der Waals surface area (Å²) in [6, 6.07) is 6.81. The van der Waals surface area contributed by atoms with Crippen LogP contribution in [0, 0.1) is 5.92 Å². The van der Waals surface area contributed by atoms with E-state index in [-0.39, 0.29) is 34.3 Å². The summed E-state index contributed by atoms with van der Waals surface area (Å²) in [4.78, 5) is 18.3. The normalized spacial score (nSPS) is 26.0. The van der Waals surface area contributed by atoms with Crippen LogP contribution in [-0.2, 0) is 22.7 Å². The number of aliphatic hydroxyl groups is 2. The molecule has 2 aliphatic rings. The highest BCUT2D eigenvalue weighted by Gasteiger charge is 2.48. The van der Waals surface area contributed by atoms with Crippen molar-refractivity contribution in [2.24, 2.45) is 5.92 Å². The van der Waals surface area contributed by atoms with Gasteiger partial charge in [-0.1, -0.05) is 26.8 Å². The van der Waals surface area contributed by atoms with Gasteiger partial charge in [0.15, 0.2) is 6.23 Å².